The predicted molar refractivity (Wildman–Crippen MR) is 58.2 cm³/mol. The van der Waals surface area contributed by atoms with Gasteiger partial charge in [-0.05, 0) is 48.1 Å². The molecule has 1 aromatic carbocycles. The Morgan fingerprint density at radius 1 is 1.21 bits per heavy atom. The number of aryl methyl sites for hydroxylation is 2. The third kappa shape index (κ3) is 1.01. The van der Waals surface area contributed by atoms with Gasteiger partial charge in [-0.2, -0.15) is 0 Å². The van der Waals surface area contributed by atoms with Crippen LogP contribution >= 0.6 is 0 Å². The fourth-order valence-electron chi connectivity index (χ4n) is 2.42. The number of aromatic amines is 1. The molecule has 1 aromatic heterocycles. The van der Waals surface area contributed by atoms with Gasteiger partial charge in [-0.15, -0.1) is 0 Å². The summed E-state index contributed by atoms with van der Waals surface area (Å²) in [6.07, 6.45) is 5.81. The van der Waals surface area contributed by atoms with E-state index in [2.05, 4.69) is 17.1 Å². The lowest BCUT2D eigenvalue weighted by atomic mass is 10.1. The fourth-order valence-corrected chi connectivity index (χ4v) is 2.42. The van der Waals surface area contributed by atoms with Crippen LogP contribution in [0, 0.1) is 0 Å². The van der Waals surface area contributed by atoms with Crippen molar-refractivity contribution >= 4 is 10.9 Å². The third-order valence-corrected chi connectivity index (χ3v) is 3.20. The van der Waals surface area contributed by atoms with Crippen molar-refractivity contribution in [1.29, 1.82) is 0 Å². The molecule has 1 heterocycles. The molecule has 0 aliphatic heterocycles. The molecule has 0 amide bonds. The minimum absolute atomic E-state index is 0.624. The summed E-state index contributed by atoms with van der Waals surface area (Å²) in [7, 11) is 0. The van der Waals surface area contributed by atoms with E-state index >= 15 is 0 Å². The van der Waals surface area contributed by atoms with Crippen LogP contribution in [0.2, 0.25) is 0 Å². The quantitative estimate of drug-likeness (QED) is 0.703. The summed E-state index contributed by atoms with van der Waals surface area (Å²) in [6.45, 7) is 0.624. The highest BCUT2D eigenvalue weighted by Gasteiger charge is 2.13. The molecule has 3 N–H and O–H groups in total. The van der Waals surface area contributed by atoms with E-state index in [4.69, 9.17) is 5.73 Å². The first-order chi connectivity index (χ1) is 6.88. The molecule has 2 nitrogen and oxygen atoms in total. The minimum Gasteiger partial charge on any atom is -0.361 e. The first kappa shape index (κ1) is 8.06. The van der Waals surface area contributed by atoms with Crippen molar-refractivity contribution in [3.63, 3.8) is 0 Å². The molecule has 0 bridgehead atoms. The van der Waals surface area contributed by atoms with Crippen LogP contribution in [0.25, 0.3) is 10.9 Å². The summed E-state index contributed by atoms with van der Waals surface area (Å²) < 4.78 is 0. The van der Waals surface area contributed by atoms with Gasteiger partial charge in [0.1, 0.15) is 0 Å². The minimum atomic E-state index is 0.624. The van der Waals surface area contributed by atoms with Crippen molar-refractivity contribution in [3.8, 4) is 0 Å². The molecule has 0 saturated carbocycles. The van der Waals surface area contributed by atoms with Gasteiger partial charge in [0.15, 0.2) is 0 Å². The Labute approximate surface area is 83.1 Å². The summed E-state index contributed by atoms with van der Waals surface area (Å²) in [5, 5.41) is 1.31. The maximum Gasteiger partial charge on any atom is 0.0460 e. The molecule has 1 aliphatic rings. The van der Waals surface area contributed by atoms with E-state index in [1.54, 1.807) is 0 Å². The molecule has 72 valence electrons. The van der Waals surface area contributed by atoms with Crippen molar-refractivity contribution < 1.29 is 0 Å². The third-order valence-electron chi connectivity index (χ3n) is 3.20. The maximum absolute atomic E-state index is 5.69. The molecular formula is C12H14N2. The second-order valence-corrected chi connectivity index (χ2v) is 4.04. The standard InChI is InChI=1S/C12H14N2/c13-6-10-7-14-12-5-9-3-1-2-8(9)4-11(10)12/h4-5,7,14H,1-3,6,13H2. The molecule has 1 aliphatic carbocycles. The molecule has 2 aromatic rings. The normalized spacial score (nSPS) is 14.9. The Morgan fingerprint density at radius 3 is 2.79 bits per heavy atom. The number of fused-ring (bicyclic) bond motifs is 2. The molecule has 0 fully saturated rings. The fraction of sp³-hybridized carbons (Fsp3) is 0.333. The lowest BCUT2D eigenvalue weighted by molar-refractivity contribution is 0.912. The number of hydrogen-bond acceptors (Lipinski definition) is 1. The van der Waals surface area contributed by atoms with Crippen LogP contribution in [0.3, 0.4) is 0 Å². The molecule has 3 rings (SSSR count). The van der Waals surface area contributed by atoms with Gasteiger partial charge >= 0.3 is 0 Å². The number of benzene rings is 1. The smallest absolute Gasteiger partial charge is 0.0460 e. The Morgan fingerprint density at radius 2 is 2.00 bits per heavy atom. The van der Waals surface area contributed by atoms with Crippen LogP contribution in [0.4, 0.5) is 0 Å². The Balaban J connectivity index is 2.30. The number of hydrogen-bond donors (Lipinski definition) is 2. The SMILES string of the molecule is NCc1c[nH]c2cc3c(cc12)CCC3. The number of nitrogens with two attached hydrogens (primary N) is 1. The second kappa shape index (κ2) is 2.85. The predicted octanol–water partition coefficient (Wildman–Crippen LogP) is 2.12. The Kier molecular flexibility index (Phi) is 1.64. The Hall–Kier alpha value is -1.28. The van der Waals surface area contributed by atoms with Gasteiger partial charge in [-0.1, -0.05) is 0 Å². The summed E-state index contributed by atoms with van der Waals surface area (Å²) in [6, 6.07) is 4.60. The van der Waals surface area contributed by atoms with E-state index in [0.717, 1.165) is 0 Å². The van der Waals surface area contributed by atoms with Crippen LogP contribution in [0.1, 0.15) is 23.1 Å². The molecule has 0 atom stereocenters. The van der Waals surface area contributed by atoms with Crippen molar-refractivity contribution in [3.05, 3.63) is 35.0 Å². The number of nitrogens with one attached hydrogen (secondary N) is 1. The van der Waals surface area contributed by atoms with E-state index in [-0.39, 0.29) is 0 Å². The molecule has 2 heteroatoms. The van der Waals surface area contributed by atoms with Gasteiger partial charge in [0, 0.05) is 23.6 Å². The summed E-state index contributed by atoms with van der Waals surface area (Å²) in [5.74, 6) is 0. The largest absolute Gasteiger partial charge is 0.361 e. The summed E-state index contributed by atoms with van der Waals surface area (Å²) in [4.78, 5) is 3.29. The highest BCUT2D eigenvalue weighted by atomic mass is 14.7. The zero-order chi connectivity index (χ0) is 9.54. The van der Waals surface area contributed by atoms with Crippen LogP contribution < -0.4 is 5.73 Å². The number of rotatable bonds is 1. The zero-order valence-corrected chi connectivity index (χ0v) is 8.14. The van der Waals surface area contributed by atoms with E-state index in [1.165, 1.54) is 46.9 Å². The summed E-state index contributed by atoms with van der Waals surface area (Å²) in [5.41, 5.74) is 11.2. The first-order valence-electron chi connectivity index (χ1n) is 5.20. The summed E-state index contributed by atoms with van der Waals surface area (Å²) >= 11 is 0. The van der Waals surface area contributed by atoms with Crippen molar-refractivity contribution in [2.45, 2.75) is 25.8 Å². The van der Waals surface area contributed by atoms with E-state index < -0.39 is 0 Å². The van der Waals surface area contributed by atoms with Crippen molar-refractivity contribution in [1.82, 2.24) is 4.98 Å². The lowest BCUT2D eigenvalue weighted by Gasteiger charge is -2.00. The van der Waals surface area contributed by atoms with Gasteiger partial charge in [0.25, 0.3) is 0 Å². The molecule has 0 saturated heterocycles. The monoisotopic (exact) mass is 186 g/mol. The molecular weight excluding hydrogens is 172 g/mol. The van der Waals surface area contributed by atoms with Gasteiger partial charge in [-0.25, -0.2) is 0 Å². The van der Waals surface area contributed by atoms with Crippen LogP contribution in [0.15, 0.2) is 18.3 Å². The highest BCUT2D eigenvalue weighted by molar-refractivity contribution is 5.85. The first-order valence-corrected chi connectivity index (χ1v) is 5.20. The van der Waals surface area contributed by atoms with Crippen LogP contribution in [-0.2, 0) is 19.4 Å². The molecule has 0 unspecified atom stereocenters. The lowest BCUT2D eigenvalue weighted by Crippen LogP contribution is -1.94. The second-order valence-electron chi connectivity index (χ2n) is 4.04. The van der Waals surface area contributed by atoms with Crippen LogP contribution in [-0.4, -0.2) is 4.98 Å². The van der Waals surface area contributed by atoms with E-state index in [1.807, 2.05) is 6.20 Å². The Bertz CT molecular complexity index is 482. The van der Waals surface area contributed by atoms with Gasteiger partial charge in [-0.3, -0.25) is 0 Å². The van der Waals surface area contributed by atoms with Crippen molar-refractivity contribution in [2.24, 2.45) is 5.73 Å². The van der Waals surface area contributed by atoms with E-state index in [9.17, 15) is 0 Å². The molecule has 14 heavy (non-hydrogen) atoms. The maximum atomic E-state index is 5.69. The number of H-pyrrole nitrogens is 1. The zero-order valence-electron chi connectivity index (χ0n) is 8.14. The van der Waals surface area contributed by atoms with Gasteiger partial charge < -0.3 is 10.7 Å². The average Bonchev–Trinajstić information content (AvgIpc) is 2.78. The van der Waals surface area contributed by atoms with E-state index in [0.29, 0.717) is 6.54 Å². The van der Waals surface area contributed by atoms with Gasteiger partial charge in [0.2, 0.25) is 0 Å². The molecule has 0 radical (unpaired) electrons. The topological polar surface area (TPSA) is 41.8 Å². The highest BCUT2D eigenvalue weighted by Crippen LogP contribution is 2.28. The average molecular weight is 186 g/mol. The number of aromatic nitrogens is 1. The van der Waals surface area contributed by atoms with Crippen molar-refractivity contribution in [2.75, 3.05) is 0 Å². The van der Waals surface area contributed by atoms with Gasteiger partial charge in [0.05, 0.1) is 0 Å². The molecule has 0 spiro atoms. The van der Waals surface area contributed by atoms with Crippen LogP contribution in [0.5, 0.6) is 0 Å².